The van der Waals surface area contributed by atoms with Crippen LogP contribution in [-0.4, -0.2) is 38.3 Å². The summed E-state index contributed by atoms with van der Waals surface area (Å²) in [6.07, 6.45) is 1.10. The molecule has 0 amide bonds. The number of hydrogen-bond donors (Lipinski definition) is 1. The maximum atomic E-state index is 5.16. The summed E-state index contributed by atoms with van der Waals surface area (Å²) in [5.41, 5.74) is 0. The average molecular weight is 237 g/mol. The Morgan fingerprint density at radius 3 is 2.88 bits per heavy atom. The highest BCUT2D eigenvalue weighted by atomic mass is 16.5. The highest BCUT2D eigenvalue weighted by molar-refractivity contribution is 5.47. The molecule has 1 heterocycles. The molecule has 0 spiro atoms. The Bertz CT molecular complexity index is 330. The predicted molar refractivity (Wildman–Crippen MR) is 72.8 cm³/mol. The fraction of sp³-hybridized carbons (Fsp3) is 0.615. The Hall–Kier alpha value is -1.29. The van der Waals surface area contributed by atoms with E-state index in [0.717, 1.165) is 24.6 Å². The molecule has 0 aliphatic carbocycles. The van der Waals surface area contributed by atoms with Crippen LogP contribution in [0.5, 0.6) is 0 Å². The van der Waals surface area contributed by atoms with E-state index in [1.807, 2.05) is 25.2 Å². The summed E-state index contributed by atoms with van der Waals surface area (Å²) in [6, 6.07) is 6.35. The van der Waals surface area contributed by atoms with Crippen LogP contribution in [0.1, 0.15) is 20.3 Å². The van der Waals surface area contributed by atoms with Crippen molar-refractivity contribution >= 4 is 11.6 Å². The summed E-state index contributed by atoms with van der Waals surface area (Å²) < 4.78 is 5.16. The molecule has 0 radical (unpaired) electrons. The van der Waals surface area contributed by atoms with Crippen LogP contribution in [0.2, 0.25) is 0 Å². The van der Waals surface area contributed by atoms with Gasteiger partial charge in [0.15, 0.2) is 0 Å². The van der Waals surface area contributed by atoms with Crippen LogP contribution in [0.3, 0.4) is 0 Å². The lowest BCUT2D eigenvalue weighted by Gasteiger charge is -2.25. The van der Waals surface area contributed by atoms with Crippen molar-refractivity contribution in [1.29, 1.82) is 0 Å². The summed E-state index contributed by atoms with van der Waals surface area (Å²) in [5, 5.41) is 3.29. The quantitative estimate of drug-likeness (QED) is 0.790. The van der Waals surface area contributed by atoms with Gasteiger partial charge < -0.3 is 15.0 Å². The highest BCUT2D eigenvalue weighted by Gasteiger charge is 2.10. The first-order valence-corrected chi connectivity index (χ1v) is 6.11. The molecule has 1 N–H and O–H groups in total. The fourth-order valence-electron chi connectivity index (χ4n) is 1.55. The summed E-state index contributed by atoms with van der Waals surface area (Å²) in [4.78, 5) is 6.70. The zero-order valence-electron chi connectivity index (χ0n) is 11.2. The van der Waals surface area contributed by atoms with Crippen molar-refractivity contribution in [2.24, 2.45) is 0 Å². The topological polar surface area (TPSA) is 37.4 Å². The molecular weight excluding hydrogens is 214 g/mol. The Morgan fingerprint density at radius 2 is 2.24 bits per heavy atom. The number of pyridine rings is 1. The van der Waals surface area contributed by atoms with Gasteiger partial charge in [-0.05, 0) is 25.5 Å². The van der Waals surface area contributed by atoms with Crippen molar-refractivity contribution in [3.63, 3.8) is 0 Å². The van der Waals surface area contributed by atoms with E-state index >= 15 is 0 Å². The molecule has 0 aromatic carbocycles. The highest BCUT2D eigenvalue weighted by Crippen LogP contribution is 2.15. The Labute approximate surface area is 104 Å². The summed E-state index contributed by atoms with van der Waals surface area (Å²) in [7, 11) is 3.76. The molecular formula is C13H23N3O. The van der Waals surface area contributed by atoms with E-state index in [0.29, 0.717) is 12.6 Å². The molecule has 1 aromatic rings. The van der Waals surface area contributed by atoms with E-state index in [-0.39, 0.29) is 0 Å². The molecule has 4 heteroatoms. The van der Waals surface area contributed by atoms with Gasteiger partial charge in [0, 0.05) is 20.7 Å². The van der Waals surface area contributed by atoms with Crippen LogP contribution in [-0.2, 0) is 4.74 Å². The van der Waals surface area contributed by atoms with Gasteiger partial charge in [-0.25, -0.2) is 4.98 Å². The van der Waals surface area contributed by atoms with Gasteiger partial charge in [0.1, 0.15) is 11.6 Å². The number of anilines is 2. The van der Waals surface area contributed by atoms with Gasteiger partial charge >= 0.3 is 0 Å². The summed E-state index contributed by atoms with van der Waals surface area (Å²) in [6.45, 7) is 5.92. The summed E-state index contributed by atoms with van der Waals surface area (Å²) in [5.74, 6) is 1.90. The molecule has 0 saturated heterocycles. The Balaban J connectivity index is 2.69. The SMILES string of the molecule is CCCNc1cccc(N(C)C(C)COC)n1. The van der Waals surface area contributed by atoms with Gasteiger partial charge in [0.2, 0.25) is 0 Å². The maximum Gasteiger partial charge on any atom is 0.131 e. The van der Waals surface area contributed by atoms with Gasteiger partial charge in [0.25, 0.3) is 0 Å². The van der Waals surface area contributed by atoms with Crippen LogP contribution < -0.4 is 10.2 Å². The van der Waals surface area contributed by atoms with Crippen LogP contribution in [0.4, 0.5) is 11.6 Å². The molecule has 17 heavy (non-hydrogen) atoms. The maximum absolute atomic E-state index is 5.16. The zero-order chi connectivity index (χ0) is 12.7. The smallest absolute Gasteiger partial charge is 0.131 e. The molecule has 0 saturated carbocycles. The minimum absolute atomic E-state index is 0.314. The second kappa shape index (κ2) is 7.12. The third kappa shape index (κ3) is 4.23. The molecule has 1 rings (SSSR count). The Kier molecular flexibility index (Phi) is 5.77. The molecule has 1 unspecified atom stereocenters. The zero-order valence-corrected chi connectivity index (χ0v) is 11.2. The van der Waals surface area contributed by atoms with E-state index < -0.39 is 0 Å². The number of ether oxygens (including phenoxy) is 1. The number of hydrogen-bond acceptors (Lipinski definition) is 4. The van der Waals surface area contributed by atoms with Crippen LogP contribution in [0, 0.1) is 0 Å². The molecule has 96 valence electrons. The Morgan fingerprint density at radius 1 is 1.47 bits per heavy atom. The van der Waals surface area contributed by atoms with Crippen LogP contribution in [0.25, 0.3) is 0 Å². The number of aromatic nitrogens is 1. The molecule has 0 aliphatic heterocycles. The van der Waals surface area contributed by atoms with E-state index in [1.54, 1.807) is 7.11 Å². The third-order valence-electron chi connectivity index (χ3n) is 2.72. The summed E-state index contributed by atoms with van der Waals surface area (Å²) >= 11 is 0. The monoisotopic (exact) mass is 237 g/mol. The van der Waals surface area contributed by atoms with E-state index in [1.165, 1.54) is 0 Å². The predicted octanol–water partition coefficient (Wildman–Crippen LogP) is 2.37. The number of likely N-dealkylation sites (N-methyl/N-ethyl adjacent to an activating group) is 1. The first-order valence-electron chi connectivity index (χ1n) is 6.11. The van der Waals surface area contributed by atoms with Gasteiger partial charge in [0.05, 0.1) is 12.6 Å². The minimum Gasteiger partial charge on any atom is -0.383 e. The van der Waals surface area contributed by atoms with E-state index in [9.17, 15) is 0 Å². The molecule has 0 fully saturated rings. The normalized spacial score (nSPS) is 12.2. The number of nitrogens with one attached hydrogen (secondary N) is 1. The van der Waals surface area contributed by atoms with Crippen molar-refractivity contribution in [2.45, 2.75) is 26.3 Å². The van der Waals surface area contributed by atoms with Gasteiger partial charge in [-0.2, -0.15) is 0 Å². The van der Waals surface area contributed by atoms with Crippen molar-refractivity contribution < 1.29 is 4.74 Å². The lowest BCUT2D eigenvalue weighted by Crippen LogP contribution is -2.33. The van der Waals surface area contributed by atoms with Crippen LogP contribution in [0.15, 0.2) is 18.2 Å². The van der Waals surface area contributed by atoms with Crippen molar-refractivity contribution in [2.75, 3.05) is 37.5 Å². The molecule has 1 aromatic heterocycles. The lowest BCUT2D eigenvalue weighted by molar-refractivity contribution is 0.183. The molecule has 0 aliphatic rings. The van der Waals surface area contributed by atoms with E-state index in [2.05, 4.69) is 29.0 Å². The standard InChI is InChI=1S/C13H23N3O/c1-5-9-14-12-7-6-8-13(15-12)16(3)11(2)10-17-4/h6-8,11H,5,9-10H2,1-4H3,(H,14,15). The van der Waals surface area contributed by atoms with Gasteiger partial charge in [-0.15, -0.1) is 0 Å². The van der Waals surface area contributed by atoms with Crippen molar-refractivity contribution in [1.82, 2.24) is 4.98 Å². The first kappa shape index (κ1) is 13.8. The van der Waals surface area contributed by atoms with E-state index in [4.69, 9.17) is 4.74 Å². The number of nitrogens with zero attached hydrogens (tertiary/aromatic N) is 2. The van der Waals surface area contributed by atoms with Gasteiger partial charge in [-0.1, -0.05) is 13.0 Å². The van der Waals surface area contributed by atoms with Crippen LogP contribution >= 0.6 is 0 Å². The second-order valence-corrected chi connectivity index (χ2v) is 4.22. The second-order valence-electron chi connectivity index (χ2n) is 4.22. The molecule has 1 atom stereocenters. The van der Waals surface area contributed by atoms with Crippen molar-refractivity contribution in [3.8, 4) is 0 Å². The molecule has 0 bridgehead atoms. The van der Waals surface area contributed by atoms with Crippen molar-refractivity contribution in [3.05, 3.63) is 18.2 Å². The fourth-order valence-corrected chi connectivity index (χ4v) is 1.55. The molecule has 4 nitrogen and oxygen atoms in total. The lowest BCUT2D eigenvalue weighted by atomic mass is 10.3. The number of methoxy groups -OCH3 is 1. The third-order valence-corrected chi connectivity index (χ3v) is 2.72. The minimum atomic E-state index is 0.314. The first-order chi connectivity index (χ1) is 8.19. The van der Waals surface area contributed by atoms with Gasteiger partial charge in [-0.3, -0.25) is 0 Å². The largest absolute Gasteiger partial charge is 0.383 e. The average Bonchev–Trinajstić information content (AvgIpc) is 2.36. The number of rotatable bonds is 7.